The summed E-state index contributed by atoms with van der Waals surface area (Å²) in [7, 11) is 3.00. The maximum absolute atomic E-state index is 13.4. The molecule has 7 heteroatoms. The van der Waals surface area contributed by atoms with Crippen LogP contribution < -0.4 is 14.2 Å². The van der Waals surface area contributed by atoms with Gasteiger partial charge in [0.1, 0.15) is 11.4 Å². The molecule has 0 unspecified atom stereocenters. The molecule has 0 saturated carbocycles. The molecule has 2 aromatic carbocycles. The number of hydrogen-bond acceptors (Lipinski definition) is 7. The summed E-state index contributed by atoms with van der Waals surface area (Å²) < 4.78 is 21.6. The van der Waals surface area contributed by atoms with Crippen LogP contribution in [0.2, 0.25) is 0 Å². The van der Waals surface area contributed by atoms with Gasteiger partial charge in [-0.1, -0.05) is 26.0 Å². The number of nitrogens with zero attached hydrogens (tertiary/aromatic N) is 1. The molecule has 3 aromatic rings. The number of esters is 1. The van der Waals surface area contributed by atoms with Gasteiger partial charge in [0.2, 0.25) is 5.78 Å². The van der Waals surface area contributed by atoms with Gasteiger partial charge in [-0.2, -0.15) is 0 Å². The second-order valence-electron chi connectivity index (χ2n) is 7.02. The number of benzene rings is 2. The van der Waals surface area contributed by atoms with E-state index in [0.29, 0.717) is 33.6 Å². The maximum atomic E-state index is 13.4. The number of pyridine rings is 1. The van der Waals surface area contributed by atoms with E-state index in [1.807, 2.05) is 27.7 Å². The molecular formula is C26H31NO6. The number of aromatic nitrogens is 1. The average molecular weight is 454 g/mol. The number of methoxy groups -OCH3 is 2. The van der Waals surface area contributed by atoms with Crippen LogP contribution in [0.4, 0.5) is 0 Å². The summed E-state index contributed by atoms with van der Waals surface area (Å²) in [4.78, 5) is 30.1. The standard InChI is InChI=1S/C24H25NO6.C2H6/c1-6-30-24(27)19-13-25-22(18-12-21(29-5)20(28-4)11-17(18)19)23(26)15-8-7-9-16(10-15)31-14(2)3;1-2/h7-14H,6H2,1-5H3;1-2H3. The van der Waals surface area contributed by atoms with Crippen molar-refractivity contribution >= 4 is 22.5 Å². The van der Waals surface area contributed by atoms with Gasteiger partial charge in [0.15, 0.2) is 11.5 Å². The summed E-state index contributed by atoms with van der Waals surface area (Å²) in [6.07, 6.45) is 1.33. The van der Waals surface area contributed by atoms with E-state index in [-0.39, 0.29) is 29.8 Å². The second kappa shape index (κ2) is 11.9. The van der Waals surface area contributed by atoms with Crippen LogP contribution in [-0.2, 0) is 4.74 Å². The Bertz CT molecular complexity index is 1120. The third-order valence-electron chi connectivity index (χ3n) is 4.57. The lowest BCUT2D eigenvalue weighted by Crippen LogP contribution is -2.11. The smallest absolute Gasteiger partial charge is 0.340 e. The van der Waals surface area contributed by atoms with Crippen molar-refractivity contribution in [3.05, 3.63) is 59.4 Å². The number of carbonyl (C=O) groups excluding carboxylic acids is 2. The van der Waals surface area contributed by atoms with Crippen molar-refractivity contribution in [1.82, 2.24) is 4.98 Å². The highest BCUT2D eigenvalue weighted by Gasteiger charge is 2.22. The van der Waals surface area contributed by atoms with E-state index < -0.39 is 5.97 Å². The highest BCUT2D eigenvalue weighted by atomic mass is 16.5. The van der Waals surface area contributed by atoms with Crippen LogP contribution in [0, 0.1) is 0 Å². The molecule has 0 N–H and O–H groups in total. The Morgan fingerprint density at radius 1 is 0.970 bits per heavy atom. The molecule has 176 valence electrons. The topological polar surface area (TPSA) is 84.0 Å². The Morgan fingerprint density at radius 2 is 1.61 bits per heavy atom. The lowest BCUT2D eigenvalue weighted by atomic mass is 9.99. The largest absolute Gasteiger partial charge is 0.493 e. The number of ether oxygens (including phenoxy) is 4. The monoisotopic (exact) mass is 453 g/mol. The van der Waals surface area contributed by atoms with E-state index in [1.54, 1.807) is 43.3 Å². The van der Waals surface area contributed by atoms with Crippen LogP contribution in [0.15, 0.2) is 42.6 Å². The molecule has 0 saturated heterocycles. The first-order chi connectivity index (χ1) is 15.9. The van der Waals surface area contributed by atoms with Gasteiger partial charge in [0.25, 0.3) is 0 Å². The molecule has 0 amide bonds. The number of ketones is 1. The first kappa shape index (κ1) is 25.6. The fourth-order valence-electron chi connectivity index (χ4n) is 3.24. The third-order valence-corrected chi connectivity index (χ3v) is 4.57. The normalized spacial score (nSPS) is 10.3. The summed E-state index contributed by atoms with van der Waals surface area (Å²) in [5, 5.41) is 0.951. The Morgan fingerprint density at radius 3 is 2.18 bits per heavy atom. The summed E-state index contributed by atoms with van der Waals surface area (Å²) in [5.41, 5.74) is 0.850. The van der Waals surface area contributed by atoms with E-state index >= 15 is 0 Å². The van der Waals surface area contributed by atoms with Crippen molar-refractivity contribution < 1.29 is 28.5 Å². The van der Waals surface area contributed by atoms with Crippen LogP contribution in [0.3, 0.4) is 0 Å². The third kappa shape index (κ3) is 5.80. The van der Waals surface area contributed by atoms with Gasteiger partial charge >= 0.3 is 5.97 Å². The van der Waals surface area contributed by atoms with Gasteiger partial charge in [-0.25, -0.2) is 4.79 Å². The predicted octanol–water partition coefficient (Wildman–Crippen LogP) is 5.47. The van der Waals surface area contributed by atoms with Crippen LogP contribution in [-0.4, -0.2) is 43.7 Å². The zero-order valence-electron chi connectivity index (χ0n) is 20.2. The summed E-state index contributed by atoms with van der Waals surface area (Å²) >= 11 is 0. The maximum Gasteiger partial charge on any atom is 0.340 e. The first-order valence-electron chi connectivity index (χ1n) is 10.9. The van der Waals surface area contributed by atoms with Crippen molar-refractivity contribution in [2.45, 2.75) is 40.7 Å². The van der Waals surface area contributed by atoms with Crippen molar-refractivity contribution in [3.8, 4) is 17.2 Å². The van der Waals surface area contributed by atoms with E-state index in [2.05, 4.69) is 4.98 Å². The second-order valence-corrected chi connectivity index (χ2v) is 7.02. The Balaban J connectivity index is 0.00000187. The van der Waals surface area contributed by atoms with Gasteiger partial charge in [-0.3, -0.25) is 9.78 Å². The summed E-state index contributed by atoms with van der Waals surface area (Å²) in [6, 6.07) is 10.2. The van der Waals surface area contributed by atoms with Gasteiger partial charge in [-0.15, -0.1) is 0 Å². The molecular weight excluding hydrogens is 422 g/mol. The highest BCUT2D eigenvalue weighted by Crippen LogP contribution is 2.35. The van der Waals surface area contributed by atoms with Crippen LogP contribution in [0.1, 0.15) is 61.0 Å². The zero-order chi connectivity index (χ0) is 24.5. The summed E-state index contributed by atoms with van der Waals surface area (Å²) in [5.74, 6) is 0.606. The molecule has 0 aliphatic rings. The molecule has 0 bridgehead atoms. The minimum Gasteiger partial charge on any atom is -0.493 e. The Hall–Kier alpha value is -3.61. The average Bonchev–Trinajstić information content (AvgIpc) is 2.83. The summed E-state index contributed by atoms with van der Waals surface area (Å²) in [6.45, 7) is 9.77. The molecule has 0 aliphatic carbocycles. The first-order valence-corrected chi connectivity index (χ1v) is 10.9. The van der Waals surface area contributed by atoms with Crippen LogP contribution in [0.25, 0.3) is 10.8 Å². The Kier molecular flexibility index (Phi) is 9.21. The lowest BCUT2D eigenvalue weighted by Gasteiger charge is -2.14. The molecule has 0 radical (unpaired) electrons. The SMILES string of the molecule is CC.CCOC(=O)c1cnc(C(=O)c2cccc(OC(C)C)c2)c2cc(OC)c(OC)cc12. The van der Waals surface area contributed by atoms with E-state index in [1.165, 1.54) is 20.4 Å². The number of fused-ring (bicyclic) bond motifs is 1. The minimum absolute atomic E-state index is 0.0232. The van der Waals surface area contributed by atoms with Crippen molar-refractivity contribution in [3.63, 3.8) is 0 Å². The van der Waals surface area contributed by atoms with E-state index in [9.17, 15) is 9.59 Å². The van der Waals surface area contributed by atoms with Crippen molar-refractivity contribution in [1.29, 1.82) is 0 Å². The fourth-order valence-corrected chi connectivity index (χ4v) is 3.24. The molecule has 1 aromatic heterocycles. The number of rotatable bonds is 8. The number of hydrogen-bond donors (Lipinski definition) is 0. The number of carbonyl (C=O) groups is 2. The van der Waals surface area contributed by atoms with Gasteiger partial charge < -0.3 is 18.9 Å². The predicted molar refractivity (Wildman–Crippen MR) is 128 cm³/mol. The van der Waals surface area contributed by atoms with E-state index in [0.717, 1.165) is 0 Å². The molecule has 7 nitrogen and oxygen atoms in total. The van der Waals surface area contributed by atoms with Crippen LogP contribution in [0.5, 0.6) is 17.2 Å². The molecule has 0 atom stereocenters. The van der Waals surface area contributed by atoms with Gasteiger partial charge in [0.05, 0.1) is 32.5 Å². The molecule has 33 heavy (non-hydrogen) atoms. The molecule has 3 rings (SSSR count). The Labute approximate surface area is 194 Å². The lowest BCUT2D eigenvalue weighted by molar-refractivity contribution is 0.0528. The van der Waals surface area contributed by atoms with Gasteiger partial charge in [-0.05, 0) is 45.0 Å². The van der Waals surface area contributed by atoms with Gasteiger partial charge in [0, 0.05) is 22.5 Å². The van der Waals surface area contributed by atoms with Crippen molar-refractivity contribution in [2.24, 2.45) is 0 Å². The molecule has 0 aliphatic heterocycles. The minimum atomic E-state index is -0.529. The van der Waals surface area contributed by atoms with E-state index in [4.69, 9.17) is 18.9 Å². The molecule has 0 fully saturated rings. The fraction of sp³-hybridized carbons (Fsp3) is 0.346. The van der Waals surface area contributed by atoms with Crippen molar-refractivity contribution in [2.75, 3.05) is 20.8 Å². The quantitative estimate of drug-likeness (QED) is 0.330. The highest BCUT2D eigenvalue weighted by molar-refractivity contribution is 6.18. The zero-order valence-corrected chi connectivity index (χ0v) is 20.2. The van der Waals surface area contributed by atoms with Crippen LogP contribution >= 0.6 is 0 Å². The molecule has 0 spiro atoms. The molecule has 1 heterocycles.